The number of amides is 1. The number of nitrogens with zero attached hydrogens (tertiary/aromatic N) is 2. The summed E-state index contributed by atoms with van der Waals surface area (Å²) in [7, 11) is 0. The normalized spacial score (nSPS) is 16.6. The second kappa shape index (κ2) is 6.57. The molecule has 1 N–H and O–H groups in total. The van der Waals surface area contributed by atoms with Crippen molar-refractivity contribution in [3.05, 3.63) is 46.2 Å². The van der Waals surface area contributed by atoms with Crippen molar-refractivity contribution in [2.75, 3.05) is 0 Å². The molecule has 0 bridgehead atoms. The van der Waals surface area contributed by atoms with Crippen LogP contribution in [0.15, 0.2) is 29.9 Å². The van der Waals surface area contributed by atoms with Gasteiger partial charge < -0.3 is 5.32 Å². The van der Waals surface area contributed by atoms with Crippen molar-refractivity contribution in [2.45, 2.75) is 51.0 Å². The zero-order valence-electron chi connectivity index (χ0n) is 12.8. The number of aryl methyl sites for hydroxylation is 2. The summed E-state index contributed by atoms with van der Waals surface area (Å²) in [6.45, 7) is 2.01. The molecule has 5 heteroatoms. The minimum atomic E-state index is -0.228. The van der Waals surface area contributed by atoms with Crippen LogP contribution >= 0.6 is 11.3 Å². The lowest BCUT2D eigenvalue weighted by atomic mass is 9.97. The first-order valence-electron chi connectivity index (χ1n) is 7.80. The van der Waals surface area contributed by atoms with Gasteiger partial charge >= 0.3 is 0 Å². The van der Waals surface area contributed by atoms with Crippen molar-refractivity contribution in [2.24, 2.45) is 0 Å². The lowest BCUT2D eigenvalue weighted by molar-refractivity contribution is -0.123. The maximum absolute atomic E-state index is 12.4. The van der Waals surface area contributed by atoms with Gasteiger partial charge in [0.05, 0.1) is 5.54 Å². The third-order valence-corrected chi connectivity index (χ3v) is 5.42. The molecule has 2 aromatic heterocycles. The first-order valence-corrected chi connectivity index (χ1v) is 8.68. The molecule has 3 rings (SSSR count). The van der Waals surface area contributed by atoms with Gasteiger partial charge in [-0.2, -0.15) is 0 Å². The molecule has 1 aliphatic rings. The Morgan fingerprint density at radius 1 is 1.32 bits per heavy atom. The van der Waals surface area contributed by atoms with E-state index in [1.54, 1.807) is 23.7 Å². The first kappa shape index (κ1) is 15.2. The van der Waals surface area contributed by atoms with E-state index in [2.05, 4.69) is 20.7 Å². The monoisotopic (exact) mass is 315 g/mol. The van der Waals surface area contributed by atoms with Gasteiger partial charge in [-0.25, -0.2) is 4.98 Å². The van der Waals surface area contributed by atoms with Gasteiger partial charge in [0.25, 0.3) is 0 Å². The van der Waals surface area contributed by atoms with Gasteiger partial charge in [0.15, 0.2) is 0 Å². The van der Waals surface area contributed by atoms with E-state index in [0.29, 0.717) is 6.42 Å². The minimum Gasteiger partial charge on any atom is -0.344 e. The number of rotatable bonds is 5. The van der Waals surface area contributed by atoms with E-state index >= 15 is 0 Å². The van der Waals surface area contributed by atoms with Gasteiger partial charge in [-0.1, -0.05) is 12.8 Å². The van der Waals surface area contributed by atoms with Crippen molar-refractivity contribution in [1.82, 2.24) is 15.3 Å². The zero-order chi connectivity index (χ0) is 15.4. The lowest BCUT2D eigenvalue weighted by Gasteiger charge is -2.28. The maximum atomic E-state index is 12.4. The topological polar surface area (TPSA) is 54.9 Å². The molecular formula is C17H21N3OS. The zero-order valence-corrected chi connectivity index (χ0v) is 13.7. The molecule has 1 amide bonds. The molecule has 0 saturated heterocycles. The van der Waals surface area contributed by atoms with Crippen molar-refractivity contribution >= 4 is 17.2 Å². The lowest BCUT2D eigenvalue weighted by Crippen LogP contribution is -2.43. The number of hydrogen-bond donors (Lipinski definition) is 1. The predicted octanol–water partition coefficient (Wildman–Crippen LogP) is 3.36. The molecule has 22 heavy (non-hydrogen) atoms. The van der Waals surface area contributed by atoms with Crippen LogP contribution in [0.25, 0.3) is 0 Å². The Hall–Kier alpha value is -1.75. The SMILES string of the molecule is Cc1csc(C2(NC(=O)CCc3ccncc3)CCCC2)n1. The molecule has 0 aliphatic heterocycles. The Kier molecular flexibility index (Phi) is 4.52. The molecule has 4 nitrogen and oxygen atoms in total. The fourth-order valence-electron chi connectivity index (χ4n) is 3.08. The summed E-state index contributed by atoms with van der Waals surface area (Å²) in [5.41, 5.74) is 1.96. The number of nitrogens with one attached hydrogen (secondary N) is 1. The van der Waals surface area contributed by atoms with Crippen LogP contribution in [-0.2, 0) is 16.8 Å². The first-order chi connectivity index (χ1) is 10.7. The van der Waals surface area contributed by atoms with E-state index in [1.165, 1.54) is 0 Å². The fourth-order valence-corrected chi connectivity index (χ4v) is 4.09. The Morgan fingerprint density at radius 3 is 2.68 bits per heavy atom. The molecule has 0 aromatic carbocycles. The summed E-state index contributed by atoms with van der Waals surface area (Å²) >= 11 is 1.67. The van der Waals surface area contributed by atoms with Crippen LogP contribution in [0.1, 0.15) is 48.4 Å². The number of thiazole rings is 1. The second-order valence-electron chi connectivity index (χ2n) is 5.99. The molecule has 116 valence electrons. The second-order valence-corrected chi connectivity index (χ2v) is 6.84. The predicted molar refractivity (Wildman–Crippen MR) is 87.7 cm³/mol. The van der Waals surface area contributed by atoms with Crippen LogP contribution in [0.2, 0.25) is 0 Å². The summed E-state index contributed by atoms with van der Waals surface area (Å²) < 4.78 is 0. The third kappa shape index (κ3) is 3.35. The molecule has 1 saturated carbocycles. The molecule has 2 aromatic rings. The van der Waals surface area contributed by atoms with Crippen LogP contribution in [0.3, 0.4) is 0 Å². The van der Waals surface area contributed by atoms with Crippen LogP contribution in [0.5, 0.6) is 0 Å². The van der Waals surface area contributed by atoms with Crippen molar-refractivity contribution in [1.29, 1.82) is 0 Å². The number of carbonyl (C=O) groups is 1. The number of hydrogen-bond acceptors (Lipinski definition) is 4. The summed E-state index contributed by atoms with van der Waals surface area (Å²) in [6.07, 6.45) is 9.11. The maximum Gasteiger partial charge on any atom is 0.221 e. The van der Waals surface area contributed by atoms with Gasteiger partial charge in [0.1, 0.15) is 5.01 Å². The minimum absolute atomic E-state index is 0.117. The quantitative estimate of drug-likeness (QED) is 0.920. The molecular weight excluding hydrogens is 294 g/mol. The third-order valence-electron chi connectivity index (χ3n) is 4.25. The fraction of sp³-hybridized carbons (Fsp3) is 0.471. The Labute approximate surface area is 135 Å². The van der Waals surface area contributed by atoms with Crippen LogP contribution in [0, 0.1) is 6.92 Å². The van der Waals surface area contributed by atoms with Gasteiger partial charge in [-0.05, 0) is 43.9 Å². The summed E-state index contributed by atoms with van der Waals surface area (Å²) in [4.78, 5) is 21.0. The molecule has 0 radical (unpaired) electrons. The van der Waals surface area contributed by atoms with Gasteiger partial charge in [-0.15, -0.1) is 11.3 Å². The van der Waals surface area contributed by atoms with Gasteiger partial charge in [0.2, 0.25) is 5.91 Å². The van der Waals surface area contributed by atoms with Crippen LogP contribution in [0.4, 0.5) is 0 Å². The van der Waals surface area contributed by atoms with E-state index in [-0.39, 0.29) is 11.4 Å². The highest BCUT2D eigenvalue weighted by molar-refractivity contribution is 7.09. The summed E-state index contributed by atoms with van der Waals surface area (Å²) in [5.74, 6) is 0.117. The van der Waals surface area contributed by atoms with E-state index in [1.807, 2.05) is 19.1 Å². The average Bonchev–Trinajstić information content (AvgIpc) is 3.16. The van der Waals surface area contributed by atoms with Crippen molar-refractivity contribution in [3.8, 4) is 0 Å². The molecule has 0 atom stereocenters. The molecule has 2 heterocycles. The highest BCUT2D eigenvalue weighted by atomic mass is 32.1. The Bertz CT molecular complexity index is 632. The molecule has 0 unspecified atom stereocenters. The standard InChI is InChI=1S/C17H21N3OS/c1-13-12-22-16(19-13)17(8-2-3-9-17)20-15(21)5-4-14-6-10-18-11-7-14/h6-7,10-12H,2-5,8-9H2,1H3,(H,20,21). The number of carbonyl (C=O) groups excluding carboxylic acids is 1. The van der Waals surface area contributed by atoms with E-state index in [0.717, 1.165) is 48.4 Å². The smallest absolute Gasteiger partial charge is 0.221 e. The number of aromatic nitrogens is 2. The molecule has 1 aliphatic carbocycles. The Morgan fingerprint density at radius 2 is 2.05 bits per heavy atom. The van der Waals surface area contributed by atoms with Crippen LogP contribution < -0.4 is 5.32 Å². The van der Waals surface area contributed by atoms with Crippen molar-refractivity contribution in [3.63, 3.8) is 0 Å². The Balaban J connectivity index is 1.65. The summed E-state index contributed by atoms with van der Waals surface area (Å²) in [6, 6.07) is 3.92. The average molecular weight is 315 g/mol. The summed E-state index contributed by atoms with van der Waals surface area (Å²) in [5, 5.41) is 6.42. The van der Waals surface area contributed by atoms with Crippen LogP contribution in [-0.4, -0.2) is 15.9 Å². The van der Waals surface area contributed by atoms with E-state index in [4.69, 9.17) is 0 Å². The van der Waals surface area contributed by atoms with Gasteiger partial charge in [0, 0.05) is 29.9 Å². The van der Waals surface area contributed by atoms with Crippen molar-refractivity contribution < 1.29 is 4.79 Å². The molecule has 0 spiro atoms. The van der Waals surface area contributed by atoms with Gasteiger partial charge in [-0.3, -0.25) is 9.78 Å². The van der Waals surface area contributed by atoms with E-state index < -0.39 is 0 Å². The van der Waals surface area contributed by atoms with E-state index in [9.17, 15) is 4.79 Å². The highest BCUT2D eigenvalue weighted by Crippen LogP contribution is 2.40. The highest BCUT2D eigenvalue weighted by Gasteiger charge is 2.39. The molecule has 1 fully saturated rings. The number of pyridine rings is 1. The largest absolute Gasteiger partial charge is 0.344 e.